The number of benzene rings is 1. The summed E-state index contributed by atoms with van der Waals surface area (Å²) in [7, 11) is 3.53. The Hall–Kier alpha value is -1.89. The number of nitrogens with zero attached hydrogens (tertiary/aromatic N) is 2. The second kappa shape index (κ2) is 7.79. The Morgan fingerprint density at radius 3 is 2.58 bits per heavy atom. The Bertz CT molecular complexity index is 697. The van der Waals surface area contributed by atoms with Crippen molar-refractivity contribution in [3.8, 4) is 17.2 Å². The van der Waals surface area contributed by atoms with Gasteiger partial charge in [0.25, 0.3) is 0 Å². The van der Waals surface area contributed by atoms with Crippen molar-refractivity contribution in [1.29, 1.82) is 0 Å². The molecule has 1 heterocycles. The molecule has 24 heavy (non-hydrogen) atoms. The summed E-state index contributed by atoms with van der Waals surface area (Å²) < 4.78 is 11.2. The van der Waals surface area contributed by atoms with Gasteiger partial charge >= 0.3 is 0 Å². The molecule has 1 aromatic heterocycles. The van der Waals surface area contributed by atoms with E-state index in [0.29, 0.717) is 19.0 Å². The highest BCUT2D eigenvalue weighted by Gasteiger charge is 2.17. The number of aliphatic hydroxyl groups excluding tert-OH is 2. The van der Waals surface area contributed by atoms with Crippen molar-refractivity contribution >= 4 is 0 Å². The Labute approximate surface area is 142 Å². The van der Waals surface area contributed by atoms with Crippen LogP contribution in [0.2, 0.25) is 0 Å². The van der Waals surface area contributed by atoms with Gasteiger partial charge in [-0.1, -0.05) is 0 Å². The minimum Gasteiger partial charge on any atom is -0.496 e. The lowest BCUT2D eigenvalue weighted by atomic mass is 10.0. The van der Waals surface area contributed by atoms with Gasteiger partial charge in [0.05, 0.1) is 25.5 Å². The average Bonchev–Trinajstić information content (AvgIpc) is 2.90. The lowest BCUT2D eigenvalue weighted by Crippen LogP contribution is -2.31. The Kier molecular flexibility index (Phi) is 5.99. The molecule has 132 valence electrons. The molecule has 0 saturated heterocycles. The maximum atomic E-state index is 9.53. The molecular weight excluding hydrogens is 308 g/mol. The van der Waals surface area contributed by atoms with Gasteiger partial charge in [-0.2, -0.15) is 0 Å². The summed E-state index contributed by atoms with van der Waals surface area (Å²) in [5.74, 6) is 2.18. The number of aliphatic hydroxyl groups is 2. The van der Waals surface area contributed by atoms with Crippen LogP contribution in [0.15, 0.2) is 16.5 Å². The zero-order chi connectivity index (χ0) is 17.9. The molecule has 0 bridgehead atoms. The molecule has 1 atom stereocenters. The molecule has 0 radical (unpaired) electrons. The van der Waals surface area contributed by atoms with Crippen LogP contribution >= 0.6 is 0 Å². The molecule has 0 fully saturated rings. The Morgan fingerprint density at radius 1 is 1.25 bits per heavy atom. The van der Waals surface area contributed by atoms with Crippen LogP contribution in [-0.2, 0) is 6.54 Å². The number of hydrogen-bond donors (Lipinski definition) is 2. The Morgan fingerprint density at radius 2 is 1.96 bits per heavy atom. The number of likely N-dealkylation sites (N-methyl/N-ethyl adjacent to an activating group) is 1. The maximum absolute atomic E-state index is 9.53. The predicted molar refractivity (Wildman–Crippen MR) is 92.1 cm³/mol. The van der Waals surface area contributed by atoms with Crippen LogP contribution in [0.25, 0.3) is 11.5 Å². The standard InChI is InChI=1S/C18H26N2O4/c1-11-12(2)17(23-5)7-6-15(11)18-19-16(13(3)24-18)9-20(4)8-14(22)10-21/h6-7,14,21-22H,8-10H2,1-5H3/t14-/m1/s1. The monoisotopic (exact) mass is 334 g/mol. The van der Waals surface area contributed by atoms with Crippen LogP contribution in [0, 0.1) is 20.8 Å². The molecule has 0 aliphatic rings. The molecule has 0 unspecified atom stereocenters. The first-order valence-electron chi connectivity index (χ1n) is 7.95. The molecule has 1 aromatic carbocycles. The van der Waals surface area contributed by atoms with Crippen molar-refractivity contribution in [3.63, 3.8) is 0 Å². The summed E-state index contributed by atoms with van der Waals surface area (Å²) in [5, 5.41) is 18.5. The van der Waals surface area contributed by atoms with E-state index in [1.54, 1.807) is 7.11 Å². The van der Waals surface area contributed by atoms with Crippen molar-refractivity contribution < 1.29 is 19.4 Å². The lowest BCUT2D eigenvalue weighted by molar-refractivity contribution is 0.0644. The van der Waals surface area contributed by atoms with Gasteiger partial charge in [-0.05, 0) is 51.1 Å². The SMILES string of the molecule is COc1ccc(-c2nc(CN(C)C[C@@H](O)CO)c(C)o2)c(C)c1C. The van der Waals surface area contributed by atoms with Crippen LogP contribution in [0.1, 0.15) is 22.6 Å². The van der Waals surface area contributed by atoms with Crippen LogP contribution in [0.3, 0.4) is 0 Å². The highest BCUT2D eigenvalue weighted by molar-refractivity contribution is 5.63. The van der Waals surface area contributed by atoms with E-state index in [-0.39, 0.29) is 6.61 Å². The van der Waals surface area contributed by atoms with Gasteiger partial charge in [-0.3, -0.25) is 4.90 Å². The molecule has 0 spiro atoms. The van der Waals surface area contributed by atoms with Gasteiger partial charge in [0, 0.05) is 18.7 Å². The van der Waals surface area contributed by atoms with E-state index in [0.717, 1.165) is 33.9 Å². The number of aromatic nitrogens is 1. The molecule has 0 amide bonds. The van der Waals surface area contributed by atoms with E-state index < -0.39 is 6.10 Å². The summed E-state index contributed by atoms with van der Waals surface area (Å²) in [4.78, 5) is 6.52. The number of oxazole rings is 1. The molecule has 6 heteroatoms. The van der Waals surface area contributed by atoms with Crippen molar-refractivity contribution in [2.75, 3.05) is 27.3 Å². The topological polar surface area (TPSA) is 79.0 Å². The van der Waals surface area contributed by atoms with E-state index in [9.17, 15) is 5.11 Å². The van der Waals surface area contributed by atoms with E-state index in [4.69, 9.17) is 14.3 Å². The Balaban J connectivity index is 2.24. The zero-order valence-electron chi connectivity index (χ0n) is 15.0. The van der Waals surface area contributed by atoms with Gasteiger partial charge in [-0.15, -0.1) is 0 Å². The highest BCUT2D eigenvalue weighted by Crippen LogP contribution is 2.31. The van der Waals surface area contributed by atoms with Crippen molar-refractivity contribution in [2.45, 2.75) is 33.4 Å². The summed E-state index contributed by atoms with van der Waals surface area (Å²) >= 11 is 0. The summed E-state index contributed by atoms with van der Waals surface area (Å²) in [6.07, 6.45) is -0.756. The smallest absolute Gasteiger partial charge is 0.226 e. The number of ether oxygens (including phenoxy) is 1. The summed E-state index contributed by atoms with van der Waals surface area (Å²) in [6.45, 7) is 6.58. The minimum atomic E-state index is -0.756. The second-order valence-corrected chi connectivity index (χ2v) is 6.12. The van der Waals surface area contributed by atoms with Crippen LogP contribution in [0.5, 0.6) is 5.75 Å². The molecule has 0 aliphatic carbocycles. The van der Waals surface area contributed by atoms with E-state index >= 15 is 0 Å². The van der Waals surface area contributed by atoms with Gasteiger partial charge < -0.3 is 19.4 Å². The minimum absolute atomic E-state index is 0.252. The van der Waals surface area contributed by atoms with Crippen molar-refractivity contribution in [1.82, 2.24) is 9.88 Å². The number of hydrogen-bond acceptors (Lipinski definition) is 6. The number of aryl methyl sites for hydroxylation is 1. The van der Waals surface area contributed by atoms with Crippen molar-refractivity contribution in [2.24, 2.45) is 0 Å². The fourth-order valence-corrected chi connectivity index (χ4v) is 2.68. The average molecular weight is 334 g/mol. The molecule has 2 N–H and O–H groups in total. The van der Waals surface area contributed by atoms with Gasteiger partial charge in [-0.25, -0.2) is 4.98 Å². The van der Waals surface area contributed by atoms with Crippen LogP contribution in [-0.4, -0.2) is 53.5 Å². The molecule has 2 aromatic rings. The molecule has 0 saturated carbocycles. The predicted octanol–water partition coefficient (Wildman–Crippen LogP) is 2.06. The maximum Gasteiger partial charge on any atom is 0.226 e. The summed E-state index contributed by atoms with van der Waals surface area (Å²) in [6, 6.07) is 3.87. The first kappa shape index (κ1) is 18.4. The highest BCUT2D eigenvalue weighted by atomic mass is 16.5. The summed E-state index contributed by atoms with van der Waals surface area (Å²) in [5.41, 5.74) is 3.91. The van der Waals surface area contributed by atoms with E-state index in [1.807, 2.05) is 44.9 Å². The van der Waals surface area contributed by atoms with Gasteiger partial charge in [0.15, 0.2) is 0 Å². The van der Waals surface area contributed by atoms with Gasteiger partial charge in [0.1, 0.15) is 11.5 Å². The first-order valence-corrected chi connectivity index (χ1v) is 7.95. The third kappa shape index (κ3) is 3.95. The van der Waals surface area contributed by atoms with Crippen LogP contribution < -0.4 is 4.74 Å². The fraction of sp³-hybridized carbons (Fsp3) is 0.500. The molecule has 6 nitrogen and oxygen atoms in total. The molecule has 0 aliphatic heterocycles. The zero-order valence-corrected chi connectivity index (χ0v) is 15.0. The molecular formula is C18H26N2O4. The van der Waals surface area contributed by atoms with Crippen LogP contribution in [0.4, 0.5) is 0 Å². The van der Waals surface area contributed by atoms with E-state index in [2.05, 4.69) is 4.98 Å². The first-order chi connectivity index (χ1) is 11.4. The van der Waals surface area contributed by atoms with E-state index in [1.165, 1.54) is 0 Å². The third-order valence-corrected chi connectivity index (χ3v) is 4.23. The van der Waals surface area contributed by atoms with Gasteiger partial charge in [0.2, 0.25) is 5.89 Å². The second-order valence-electron chi connectivity index (χ2n) is 6.12. The van der Waals surface area contributed by atoms with Crippen molar-refractivity contribution in [3.05, 3.63) is 34.7 Å². The fourth-order valence-electron chi connectivity index (χ4n) is 2.68. The normalized spacial score (nSPS) is 12.7. The quantitative estimate of drug-likeness (QED) is 0.807. The number of methoxy groups -OCH3 is 1. The molecule has 2 rings (SSSR count). The lowest BCUT2D eigenvalue weighted by Gasteiger charge is -2.18. The largest absolute Gasteiger partial charge is 0.496 e. The third-order valence-electron chi connectivity index (χ3n) is 4.23. The number of rotatable bonds is 7.